The minimum atomic E-state index is 0.131. The van der Waals surface area contributed by atoms with Crippen molar-refractivity contribution in [3.63, 3.8) is 0 Å². The normalized spacial score (nSPS) is 15.0. The fraction of sp³-hybridized carbons (Fsp3) is 0.421. The molecule has 1 aromatic heterocycles. The number of nitrogens with zero attached hydrogens (tertiary/aromatic N) is 3. The van der Waals surface area contributed by atoms with Gasteiger partial charge in [0.25, 0.3) is 5.91 Å². The Labute approximate surface area is 143 Å². The maximum atomic E-state index is 12.6. The molecule has 1 aliphatic heterocycles. The molecule has 126 valence electrons. The molecule has 24 heavy (non-hydrogen) atoms. The number of likely N-dealkylation sites (tertiary alicyclic amines) is 1. The van der Waals surface area contributed by atoms with Crippen LogP contribution in [0.4, 0.5) is 11.6 Å². The Bertz CT molecular complexity index is 684. The molecule has 1 saturated heterocycles. The SMILES string of the molecule is Cc1cc(C)nc(Nc2ccc(C(=O)N3CCCCCC3)cc2)n1. The number of benzene rings is 1. The summed E-state index contributed by atoms with van der Waals surface area (Å²) in [6, 6.07) is 9.50. The average Bonchev–Trinajstić information content (AvgIpc) is 2.83. The zero-order chi connectivity index (χ0) is 16.9. The van der Waals surface area contributed by atoms with Gasteiger partial charge in [-0.25, -0.2) is 9.97 Å². The van der Waals surface area contributed by atoms with Crippen LogP contribution < -0.4 is 5.32 Å². The first-order valence-corrected chi connectivity index (χ1v) is 8.60. The summed E-state index contributed by atoms with van der Waals surface area (Å²) in [5, 5.41) is 3.19. The smallest absolute Gasteiger partial charge is 0.253 e. The van der Waals surface area contributed by atoms with E-state index in [0.717, 1.165) is 48.6 Å². The Balaban J connectivity index is 1.69. The highest BCUT2D eigenvalue weighted by Gasteiger charge is 2.17. The summed E-state index contributed by atoms with van der Waals surface area (Å²) in [5.74, 6) is 0.713. The first-order chi connectivity index (χ1) is 11.6. The molecule has 1 N–H and O–H groups in total. The van der Waals surface area contributed by atoms with E-state index in [1.807, 2.05) is 49.1 Å². The monoisotopic (exact) mass is 324 g/mol. The molecule has 0 bridgehead atoms. The number of carbonyl (C=O) groups is 1. The molecule has 0 atom stereocenters. The molecule has 0 saturated carbocycles. The number of anilines is 2. The lowest BCUT2D eigenvalue weighted by atomic mass is 10.1. The lowest BCUT2D eigenvalue weighted by Gasteiger charge is -2.20. The van der Waals surface area contributed by atoms with E-state index in [-0.39, 0.29) is 5.91 Å². The highest BCUT2D eigenvalue weighted by molar-refractivity contribution is 5.94. The molecule has 0 aliphatic carbocycles. The summed E-state index contributed by atoms with van der Waals surface area (Å²) in [5.41, 5.74) is 3.48. The summed E-state index contributed by atoms with van der Waals surface area (Å²) in [4.78, 5) is 23.3. The minimum Gasteiger partial charge on any atom is -0.339 e. The Morgan fingerprint density at radius 1 is 0.958 bits per heavy atom. The van der Waals surface area contributed by atoms with Gasteiger partial charge in [0.2, 0.25) is 5.95 Å². The molecular formula is C19H24N4O. The molecule has 0 radical (unpaired) electrons. The molecule has 2 heterocycles. The number of carbonyl (C=O) groups excluding carboxylic acids is 1. The summed E-state index contributed by atoms with van der Waals surface area (Å²) >= 11 is 0. The molecule has 0 spiro atoms. The summed E-state index contributed by atoms with van der Waals surface area (Å²) < 4.78 is 0. The van der Waals surface area contributed by atoms with E-state index in [2.05, 4.69) is 15.3 Å². The number of nitrogens with one attached hydrogen (secondary N) is 1. The van der Waals surface area contributed by atoms with E-state index < -0.39 is 0 Å². The molecule has 3 rings (SSSR count). The fourth-order valence-electron chi connectivity index (χ4n) is 3.06. The van der Waals surface area contributed by atoms with Crippen LogP contribution in [0.1, 0.15) is 47.4 Å². The number of hydrogen-bond acceptors (Lipinski definition) is 4. The van der Waals surface area contributed by atoms with Crippen molar-refractivity contribution in [2.45, 2.75) is 39.5 Å². The zero-order valence-corrected chi connectivity index (χ0v) is 14.4. The Morgan fingerprint density at radius 2 is 1.54 bits per heavy atom. The predicted octanol–water partition coefficient (Wildman–Crippen LogP) is 3.85. The minimum absolute atomic E-state index is 0.131. The van der Waals surface area contributed by atoms with Crippen LogP contribution in [0.3, 0.4) is 0 Å². The molecule has 1 aromatic carbocycles. The quantitative estimate of drug-likeness (QED) is 0.931. The first-order valence-electron chi connectivity index (χ1n) is 8.60. The van der Waals surface area contributed by atoms with Gasteiger partial charge in [0.1, 0.15) is 0 Å². The van der Waals surface area contributed by atoms with Crippen LogP contribution in [0.15, 0.2) is 30.3 Å². The maximum Gasteiger partial charge on any atom is 0.253 e. The van der Waals surface area contributed by atoms with Crippen LogP contribution in [0.25, 0.3) is 0 Å². The Hall–Kier alpha value is -2.43. The summed E-state index contributed by atoms with van der Waals surface area (Å²) in [6.07, 6.45) is 4.66. The van der Waals surface area contributed by atoms with Gasteiger partial charge in [0.15, 0.2) is 0 Å². The van der Waals surface area contributed by atoms with Gasteiger partial charge in [-0.15, -0.1) is 0 Å². The van der Waals surface area contributed by atoms with Crippen molar-refractivity contribution in [1.29, 1.82) is 0 Å². The van der Waals surface area contributed by atoms with Crippen molar-refractivity contribution >= 4 is 17.5 Å². The van der Waals surface area contributed by atoms with Crippen molar-refractivity contribution in [1.82, 2.24) is 14.9 Å². The molecule has 1 fully saturated rings. The lowest BCUT2D eigenvalue weighted by molar-refractivity contribution is 0.0761. The Kier molecular flexibility index (Phi) is 5.08. The highest BCUT2D eigenvalue weighted by Crippen LogP contribution is 2.17. The van der Waals surface area contributed by atoms with E-state index in [1.165, 1.54) is 12.8 Å². The molecule has 5 heteroatoms. The van der Waals surface area contributed by atoms with Gasteiger partial charge in [-0.05, 0) is 57.0 Å². The number of rotatable bonds is 3. The maximum absolute atomic E-state index is 12.6. The van der Waals surface area contributed by atoms with Gasteiger partial charge in [-0.2, -0.15) is 0 Å². The summed E-state index contributed by atoms with van der Waals surface area (Å²) in [6.45, 7) is 5.64. The fourth-order valence-corrected chi connectivity index (χ4v) is 3.06. The second-order valence-corrected chi connectivity index (χ2v) is 6.38. The molecule has 2 aromatic rings. The molecule has 5 nitrogen and oxygen atoms in total. The first kappa shape index (κ1) is 16.4. The van der Waals surface area contributed by atoms with E-state index in [0.29, 0.717) is 5.95 Å². The van der Waals surface area contributed by atoms with Gasteiger partial charge in [-0.1, -0.05) is 12.8 Å². The van der Waals surface area contributed by atoms with E-state index in [9.17, 15) is 4.79 Å². The summed E-state index contributed by atoms with van der Waals surface area (Å²) in [7, 11) is 0. The molecule has 1 aliphatic rings. The standard InChI is InChI=1S/C19H24N4O/c1-14-13-15(2)21-19(20-14)22-17-9-7-16(8-10-17)18(24)23-11-5-3-4-6-12-23/h7-10,13H,3-6,11-12H2,1-2H3,(H,20,21,22). The van der Waals surface area contributed by atoms with Crippen molar-refractivity contribution in [2.75, 3.05) is 18.4 Å². The van der Waals surface area contributed by atoms with Gasteiger partial charge in [-0.3, -0.25) is 4.79 Å². The third kappa shape index (κ3) is 4.10. The predicted molar refractivity (Wildman–Crippen MR) is 95.6 cm³/mol. The number of aryl methyl sites for hydroxylation is 2. The van der Waals surface area contributed by atoms with E-state index in [4.69, 9.17) is 0 Å². The van der Waals surface area contributed by atoms with Crippen LogP contribution in [0, 0.1) is 13.8 Å². The van der Waals surface area contributed by atoms with Gasteiger partial charge < -0.3 is 10.2 Å². The molecular weight excluding hydrogens is 300 g/mol. The number of hydrogen-bond donors (Lipinski definition) is 1. The van der Waals surface area contributed by atoms with Gasteiger partial charge in [0, 0.05) is 35.7 Å². The topological polar surface area (TPSA) is 58.1 Å². The largest absolute Gasteiger partial charge is 0.339 e. The molecule has 1 amide bonds. The third-order valence-electron chi connectivity index (χ3n) is 4.26. The van der Waals surface area contributed by atoms with Crippen LogP contribution in [-0.2, 0) is 0 Å². The highest BCUT2D eigenvalue weighted by atomic mass is 16.2. The second-order valence-electron chi connectivity index (χ2n) is 6.38. The van der Waals surface area contributed by atoms with Crippen molar-refractivity contribution in [3.8, 4) is 0 Å². The van der Waals surface area contributed by atoms with E-state index in [1.54, 1.807) is 0 Å². The van der Waals surface area contributed by atoms with Crippen LogP contribution in [0.5, 0.6) is 0 Å². The van der Waals surface area contributed by atoms with Crippen LogP contribution in [0.2, 0.25) is 0 Å². The van der Waals surface area contributed by atoms with Crippen molar-refractivity contribution < 1.29 is 4.79 Å². The lowest BCUT2D eigenvalue weighted by Crippen LogP contribution is -2.31. The number of amides is 1. The van der Waals surface area contributed by atoms with Crippen LogP contribution >= 0.6 is 0 Å². The van der Waals surface area contributed by atoms with Crippen LogP contribution in [-0.4, -0.2) is 33.9 Å². The van der Waals surface area contributed by atoms with Gasteiger partial charge >= 0.3 is 0 Å². The average molecular weight is 324 g/mol. The van der Waals surface area contributed by atoms with E-state index >= 15 is 0 Å². The van der Waals surface area contributed by atoms with Crippen molar-refractivity contribution in [3.05, 3.63) is 47.3 Å². The van der Waals surface area contributed by atoms with Gasteiger partial charge in [0.05, 0.1) is 0 Å². The van der Waals surface area contributed by atoms with Crippen molar-refractivity contribution in [2.24, 2.45) is 0 Å². The zero-order valence-electron chi connectivity index (χ0n) is 14.4. The number of aromatic nitrogens is 2. The second kappa shape index (κ2) is 7.43. The third-order valence-corrected chi connectivity index (χ3v) is 4.26. The Morgan fingerprint density at radius 3 is 2.12 bits per heavy atom. The molecule has 0 unspecified atom stereocenters.